The molecule has 0 radical (unpaired) electrons. The number of hydrogen-bond acceptors (Lipinski definition) is 4. The zero-order chi connectivity index (χ0) is 13.9. The van der Waals surface area contributed by atoms with Crippen LogP contribution in [0.2, 0.25) is 0 Å². The summed E-state index contributed by atoms with van der Waals surface area (Å²) in [6.45, 7) is 4.23. The van der Waals surface area contributed by atoms with Crippen molar-refractivity contribution in [2.75, 3.05) is 5.32 Å². The van der Waals surface area contributed by atoms with Gasteiger partial charge in [0.1, 0.15) is 5.82 Å². The van der Waals surface area contributed by atoms with E-state index in [0.29, 0.717) is 0 Å². The highest BCUT2D eigenvalue weighted by atomic mass is 32.1. The summed E-state index contributed by atoms with van der Waals surface area (Å²) in [5.74, 6) is 0.894. The number of H-pyrrole nitrogens is 1. The number of pyridine rings is 1. The summed E-state index contributed by atoms with van der Waals surface area (Å²) in [6, 6.07) is 4.22. The highest BCUT2D eigenvalue weighted by molar-refractivity contribution is 7.19. The van der Waals surface area contributed by atoms with Crippen molar-refractivity contribution in [3.8, 4) is 0 Å². The second-order valence-corrected chi connectivity index (χ2v) is 6.09. The maximum absolute atomic E-state index is 4.44. The van der Waals surface area contributed by atoms with E-state index in [-0.39, 0.29) is 0 Å². The molecule has 20 heavy (non-hydrogen) atoms. The highest BCUT2D eigenvalue weighted by Crippen LogP contribution is 2.30. The molecule has 0 atom stereocenters. The monoisotopic (exact) mass is 286 g/mol. The summed E-state index contributed by atoms with van der Waals surface area (Å²) in [7, 11) is 0. The third-order valence-corrected chi connectivity index (χ3v) is 4.24. The van der Waals surface area contributed by atoms with Gasteiger partial charge in [0.05, 0.1) is 15.4 Å². The van der Waals surface area contributed by atoms with Crippen LogP contribution in [0.3, 0.4) is 0 Å². The minimum Gasteiger partial charge on any atom is -0.343 e. The first-order chi connectivity index (χ1) is 9.76. The Hall–Kier alpha value is -1.88. The van der Waals surface area contributed by atoms with Gasteiger partial charge in [-0.25, -0.2) is 9.97 Å². The summed E-state index contributed by atoms with van der Waals surface area (Å²) in [4.78, 5) is 12.0. The maximum atomic E-state index is 4.44. The molecule has 104 valence electrons. The van der Waals surface area contributed by atoms with Crippen molar-refractivity contribution in [2.45, 2.75) is 33.1 Å². The molecular weight excluding hydrogens is 268 g/mol. The van der Waals surface area contributed by atoms with Crippen LogP contribution in [0.4, 0.5) is 11.5 Å². The molecule has 3 heterocycles. The van der Waals surface area contributed by atoms with Gasteiger partial charge in [0.2, 0.25) is 0 Å². The number of unbranched alkanes of at least 4 members (excludes halogenated alkanes) is 1. The molecule has 0 fully saturated rings. The van der Waals surface area contributed by atoms with Crippen LogP contribution < -0.4 is 5.32 Å². The van der Waals surface area contributed by atoms with Gasteiger partial charge in [-0.05, 0) is 37.5 Å². The predicted octanol–water partition coefficient (Wildman–Crippen LogP) is 4.41. The fourth-order valence-electron chi connectivity index (χ4n) is 2.22. The van der Waals surface area contributed by atoms with Gasteiger partial charge in [0.25, 0.3) is 0 Å². The van der Waals surface area contributed by atoms with Crippen LogP contribution in [0, 0.1) is 6.92 Å². The van der Waals surface area contributed by atoms with Crippen molar-refractivity contribution in [2.24, 2.45) is 0 Å². The third kappa shape index (κ3) is 2.67. The lowest BCUT2D eigenvalue weighted by molar-refractivity contribution is 0.794. The number of aryl methyl sites for hydroxylation is 2. The van der Waals surface area contributed by atoms with Crippen molar-refractivity contribution in [3.63, 3.8) is 0 Å². The number of aromatic amines is 1. The molecule has 0 amide bonds. The van der Waals surface area contributed by atoms with Crippen LogP contribution in [0.5, 0.6) is 0 Å². The first-order valence-electron chi connectivity index (χ1n) is 6.92. The molecule has 3 aromatic rings. The van der Waals surface area contributed by atoms with Gasteiger partial charge >= 0.3 is 0 Å². The molecule has 0 bridgehead atoms. The molecule has 2 N–H and O–H groups in total. The third-order valence-electron chi connectivity index (χ3n) is 3.24. The Bertz CT molecular complexity index is 714. The van der Waals surface area contributed by atoms with Crippen LogP contribution in [0.25, 0.3) is 10.3 Å². The average molecular weight is 286 g/mol. The van der Waals surface area contributed by atoms with Gasteiger partial charge in [0, 0.05) is 12.4 Å². The van der Waals surface area contributed by atoms with E-state index in [1.165, 1.54) is 18.4 Å². The smallest absolute Gasteiger partial charge is 0.150 e. The molecule has 0 aliphatic heterocycles. The summed E-state index contributed by atoms with van der Waals surface area (Å²) < 4.78 is 1.16. The van der Waals surface area contributed by atoms with Crippen molar-refractivity contribution in [1.29, 1.82) is 0 Å². The minimum absolute atomic E-state index is 0.894. The lowest BCUT2D eigenvalue weighted by Gasteiger charge is -2.05. The Morgan fingerprint density at radius 2 is 2.30 bits per heavy atom. The molecular formula is C15H18N4S. The summed E-state index contributed by atoms with van der Waals surface area (Å²) in [6.07, 6.45) is 7.36. The Balaban J connectivity index is 1.83. The van der Waals surface area contributed by atoms with E-state index in [0.717, 1.165) is 33.3 Å². The molecule has 0 aliphatic carbocycles. The normalized spacial score (nSPS) is 11.1. The lowest BCUT2D eigenvalue weighted by Crippen LogP contribution is -1.94. The van der Waals surface area contributed by atoms with Crippen LogP contribution in [-0.2, 0) is 6.42 Å². The second-order valence-electron chi connectivity index (χ2n) is 4.89. The quantitative estimate of drug-likeness (QED) is 0.730. The van der Waals surface area contributed by atoms with E-state index in [1.807, 2.05) is 19.3 Å². The number of nitrogens with one attached hydrogen (secondary N) is 2. The number of nitrogens with zero attached hydrogens (tertiary/aromatic N) is 2. The van der Waals surface area contributed by atoms with Crippen molar-refractivity contribution >= 4 is 33.2 Å². The van der Waals surface area contributed by atoms with E-state index in [4.69, 9.17) is 0 Å². The number of hydrogen-bond donors (Lipinski definition) is 2. The number of thiazole rings is 1. The standard InChI is InChI=1S/C15H18N4S/c1-3-4-5-11-6-7-16-13(8-11)19-12-9-17-15-14(12)20-10(2)18-15/h6-9,17H,3-5H2,1-2H3,(H,16,19). The Morgan fingerprint density at radius 1 is 1.40 bits per heavy atom. The van der Waals surface area contributed by atoms with E-state index >= 15 is 0 Å². The number of rotatable bonds is 5. The summed E-state index contributed by atoms with van der Waals surface area (Å²) >= 11 is 1.69. The number of fused-ring (bicyclic) bond motifs is 1. The Kier molecular flexibility index (Phi) is 3.69. The summed E-state index contributed by atoms with van der Waals surface area (Å²) in [5, 5.41) is 4.45. The molecule has 3 rings (SSSR count). The molecule has 5 heteroatoms. The predicted molar refractivity (Wildman–Crippen MR) is 84.8 cm³/mol. The van der Waals surface area contributed by atoms with Gasteiger partial charge in [-0.3, -0.25) is 0 Å². The van der Waals surface area contributed by atoms with Gasteiger partial charge in [-0.1, -0.05) is 13.3 Å². The van der Waals surface area contributed by atoms with Crippen LogP contribution in [0.15, 0.2) is 24.5 Å². The largest absolute Gasteiger partial charge is 0.343 e. The second kappa shape index (κ2) is 5.63. The Labute approximate surface area is 122 Å². The zero-order valence-corrected chi connectivity index (χ0v) is 12.5. The maximum Gasteiger partial charge on any atom is 0.150 e. The molecule has 0 saturated heterocycles. The van der Waals surface area contributed by atoms with Gasteiger partial charge < -0.3 is 10.3 Å². The van der Waals surface area contributed by atoms with E-state index in [1.54, 1.807) is 11.3 Å². The number of anilines is 2. The van der Waals surface area contributed by atoms with E-state index < -0.39 is 0 Å². The lowest BCUT2D eigenvalue weighted by atomic mass is 10.1. The zero-order valence-electron chi connectivity index (χ0n) is 11.7. The molecule has 0 aliphatic rings. The van der Waals surface area contributed by atoms with Crippen LogP contribution >= 0.6 is 11.3 Å². The molecule has 0 saturated carbocycles. The molecule has 0 spiro atoms. The fourth-order valence-corrected chi connectivity index (χ4v) is 3.08. The first kappa shape index (κ1) is 13.1. The molecule has 3 aromatic heterocycles. The van der Waals surface area contributed by atoms with Crippen molar-refractivity contribution in [1.82, 2.24) is 15.0 Å². The Morgan fingerprint density at radius 3 is 3.15 bits per heavy atom. The van der Waals surface area contributed by atoms with Crippen LogP contribution in [-0.4, -0.2) is 15.0 Å². The molecule has 4 nitrogen and oxygen atoms in total. The highest BCUT2D eigenvalue weighted by Gasteiger charge is 2.09. The van der Waals surface area contributed by atoms with Crippen LogP contribution in [0.1, 0.15) is 30.3 Å². The fraction of sp³-hybridized carbons (Fsp3) is 0.333. The molecule has 0 aromatic carbocycles. The van der Waals surface area contributed by atoms with E-state index in [2.05, 4.69) is 39.3 Å². The van der Waals surface area contributed by atoms with Gasteiger partial charge in [0.15, 0.2) is 5.65 Å². The average Bonchev–Trinajstić information content (AvgIpc) is 2.98. The number of aromatic nitrogens is 3. The minimum atomic E-state index is 0.894. The van der Waals surface area contributed by atoms with E-state index in [9.17, 15) is 0 Å². The van der Waals surface area contributed by atoms with Gasteiger partial charge in [-0.2, -0.15) is 0 Å². The molecule has 0 unspecified atom stereocenters. The SMILES string of the molecule is CCCCc1ccnc(Nc2c[nH]c3nc(C)sc23)c1. The first-order valence-corrected chi connectivity index (χ1v) is 7.74. The summed E-state index contributed by atoms with van der Waals surface area (Å²) in [5.41, 5.74) is 3.32. The van der Waals surface area contributed by atoms with Crippen molar-refractivity contribution < 1.29 is 0 Å². The van der Waals surface area contributed by atoms with Gasteiger partial charge in [-0.15, -0.1) is 11.3 Å². The van der Waals surface area contributed by atoms with Crippen molar-refractivity contribution in [3.05, 3.63) is 35.1 Å². The topological polar surface area (TPSA) is 53.6 Å².